The number of amides is 2. The Labute approximate surface area is 188 Å². The van der Waals surface area contributed by atoms with Crippen LogP contribution >= 0.6 is 24.0 Å². The molecule has 2 amide bonds. The number of nitrogens with one attached hydrogen (secondary N) is 1. The maximum absolute atomic E-state index is 12.7. The first kappa shape index (κ1) is 22.8. The SMILES string of the molecule is CN(C)c1ccc(/C=N\N2C(=S)SC(C)(C)[C@@H]2N(O)C(=O)NC2CCCCC2)cc1. The first-order valence-electron chi connectivity index (χ1n) is 10.3. The van der Waals surface area contributed by atoms with Crippen LogP contribution in [0.1, 0.15) is 51.5 Å². The number of benzene rings is 1. The van der Waals surface area contributed by atoms with Gasteiger partial charge in [-0.1, -0.05) is 55.4 Å². The lowest BCUT2D eigenvalue weighted by molar-refractivity contribution is -0.119. The standard InChI is InChI=1S/C21H31N5O2S2/c1-21(2)18(26(28)19(27)23-16-8-6-5-7-9-16)25(20(29)30-21)22-14-15-10-12-17(13-11-15)24(3)4/h10-14,16,18,28H,5-9H2,1-4H3,(H,23,27)/b22-14-/t18-/m0/s1. The predicted molar refractivity (Wildman–Crippen MR) is 127 cm³/mol. The average molecular weight is 450 g/mol. The summed E-state index contributed by atoms with van der Waals surface area (Å²) in [6, 6.07) is 7.57. The number of hydrogen-bond donors (Lipinski definition) is 2. The molecule has 0 radical (unpaired) electrons. The minimum absolute atomic E-state index is 0.109. The molecule has 1 aliphatic carbocycles. The van der Waals surface area contributed by atoms with Crippen molar-refractivity contribution in [3.63, 3.8) is 0 Å². The number of hydrogen-bond acceptors (Lipinski definition) is 6. The van der Waals surface area contributed by atoms with Gasteiger partial charge in [0.2, 0.25) is 0 Å². The van der Waals surface area contributed by atoms with E-state index in [1.54, 1.807) is 11.2 Å². The number of anilines is 1. The topological polar surface area (TPSA) is 71.4 Å². The van der Waals surface area contributed by atoms with Gasteiger partial charge in [0, 0.05) is 25.8 Å². The van der Waals surface area contributed by atoms with E-state index < -0.39 is 16.9 Å². The minimum atomic E-state index is -0.698. The zero-order valence-electron chi connectivity index (χ0n) is 18.0. The van der Waals surface area contributed by atoms with Crippen LogP contribution in [0.4, 0.5) is 10.5 Å². The lowest BCUT2D eigenvalue weighted by atomic mass is 9.96. The first-order chi connectivity index (χ1) is 14.2. The van der Waals surface area contributed by atoms with Gasteiger partial charge >= 0.3 is 6.03 Å². The molecule has 1 saturated carbocycles. The largest absolute Gasteiger partial charge is 0.378 e. The Kier molecular flexibility index (Phi) is 7.26. The number of rotatable bonds is 5. The molecule has 2 aliphatic rings. The second-order valence-corrected chi connectivity index (χ2v) is 10.8. The van der Waals surface area contributed by atoms with Gasteiger partial charge in [-0.15, -0.1) is 0 Å². The Hall–Kier alpha value is -1.84. The smallest absolute Gasteiger partial charge is 0.343 e. The van der Waals surface area contributed by atoms with Gasteiger partial charge < -0.3 is 10.2 Å². The van der Waals surface area contributed by atoms with Gasteiger partial charge in [-0.3, -0.25) is 5.21 Å². The van der Waals surface area contributed by atoms with E-state index in [9.17, 15) is 10.0 Å². The minimum Gasteiger partial charge on any atom is -0.378 e. The van der Waals surface area contributed by atoms with Gasteiger partial charge in [-0.2, -0.15) is 10.2 Å². The van der Waals surface area contributed by atoms with Crippen LogP contribution in [0.2, 0.25) is 0 Å². The first-order valence-corrected chi connectivity index (χ1v) is 11.5. The Morgan fingerprint density at radius 3 is 2.50 bits per heavy atom. The number of carbonyl (C=O) groups excluding carboxylic acids is 1. The van der Waals surface area contributed by atoms with Crippen molar-refractivity contribution in [2.45, 2.75) is 62.9 Å². The lowest BCUT2D eigenvalue weighted by Crippen LogP contribution is -2.57. The Morgan fingerprint density at radius 2 is 1.90 bits per heavy atom. The van der Waals surface area contributed by atoms with Crippen LogP contribution in [0.5, 0.6) is 0 Å². The molecular weight excluding hydrogens is 418 g/mol. The highest BCUT2D eigenvalue weighted by molar-refractivity contribution is 8.24. The highest BCUT2D eigenvalue weighted by atomic mass is 32.2. The van der Waals surface area contributed by atoms with E-state index in [1.165, 1.54) is 18.2 Å². The van der Waals surface area contributed by atoms with Crippen LogP contribution in [-0.2, 0) is 0 Å². The molecule has 30 heavy (non-hydrogen) atoms. The third-order valence-electron chi connectivity index (χ3n) is 5.50. The summed E-state index contributed by atoms with van der Waals surface area (Å²) in [6.45, 7) is 3.90. The molecular formula is C21H31N5O2S2. The normalized spacial score (nSPS) is 21.8. The second kappa shape index (κ2) is 9.53. The highest BCUT2D eigenvalue weighted by Crippen LogP contribution is 2.42. The Bertz CT molecular complexity index is 791. The molecule has 1 heterocycles. The van der Waals surface area contributed by atoms with Gasteiger partial charge in [0.1, 0.15) is 0 Å². The van der Waals surface area contributed by atoms with Gasteiger partial charge in [0.25, 0.3) is 0 Å². The quantitative estimate of drug-likeness (QED) is 0.303. The fraction of sp³-hybridized carbons (Fsp3) is 0.571. The molecule has 1 aromatic rings. The van der Waals surface area contributed by atoms with Crippen LogP contribution in [0, 0.1) is 0 Å². The Morgan fingerprint density at radius 1 is 1.27 bits per heavy atom. The summed E-state index contributed by atoms with van der Waals surface area (Å²) in [5.74, 6) is 0. The van der Waals surface area contributed by atoms with E-state index >= 15 is 0 Å². The molecule has 2 N–H and O–H groups in total. The zero-order chi connectivity index (χ0) is 21.9. The number of nitrogens with zero attached hydrogens (tertiary/aromatic N) is 4. The highest BCUT2D eigenvalue weighted by Gasteiger charge is 2.50. The average Bonchev–Trinajstić information content (AvgIpc) is 2.94. The summed E-state index contributed by atoms with van der Waals surface area (Å²) in [5, 5.41) is 20.6. The molecule has 1 aromatic carbocycles. The fourth-order valence-corrected chi connectivity index (χ4v) is 5.60. The Balaban J connectivity index is 1.74. The van der Waals surface area contributed by atoms with Crippen molar-refractivity contribution < 1.29 is 10.0 Å². The molecule has 0 aromatic heterocycles. The van der Waals surface area contributed by atoms with E-state index in [4.69, 9.17) is 12.2 Å². The van der Waals surface area contributed by atoms with Gasteiger partial charge in [0.05, 0.1) is 11.0 Å². The summed E-state index contributed by atoms with van der Waals surface area (Å²) >= 11 is 6.93. The van der Waals surface area contributed by atoms with Crippen LogP contribution in [-0.4, -0.2) is 62.9 Å². The van der Waals surface area contributed by atoms with E-state index in [0.717, 1.165) is 42.0 Å². The maximum Gasteiger partial charge on any atom is 0.343 e. The molecule has 0 spiro atoms. The maximum atomic E-state index is 12.7. The van der Waals surface area contributed by atoms with E-state index in [1.807, 2.05) is 57.1 Å². The summed E-state index contributed by atoms with van der Waals surface area (Å²) in [5.41, 5.74) is 2.01. The number of thioether (sulfide) groups is 1. The molecule has 3 rings (SSSR count). The third kappa shape index (κ3) is 5.25. The van der Waals surface area contributed by atoms with Crippen molar-refractivity contribution >= 4 is 46.2 Å². The number of urea groups is 1. The molecule has 164 valence electrons. The number of hydroxylamine groups is 2. The van der Waals surface area contributed by atoms with Crippen LogP contribution in [0.25, 0.3) is 0 Å². The summed E-state index contributed by atoms with van der Waals surface area (Å²) in [6.07, 6.45) is 6.32. The van der Waals surface area contributed by atoms with Crippen molar-refractivity contribution in [1.29, 1.82) is 0 Å². The molecule has 0 unspecified atom stereocenters. The third-order valence-corrected chi connectivity index (χ3v) is 7.04. The number of hydrazone groups is 1. The van der Waals surface area contributed by atoms with Gasteiger partial charge in [-0.05, 0) is 44.4 Å². The van der Waals surface area contributed by atoms with Gasteiger partial charge in [-0.25, -0.2) is 9.80 Å². The zero-order valence-corrected chi connectivity index (χ0v) is 19.7. The number of carbonyl (C=O) groups is 1. The fourth-order valence-electron chi connectivity index (χ4n) is 3.81. The van der Waals surface area contributed by atoms with Crippen LogP contribution < -0.4 is 10.2 Å². The van der Waals surface area contributed by atoms with Crippen molar-refractivity contribution in [3.8, 4) is 0 Å². The van der Waals surface area contributed by atoms with E-state index in [0.29, 0.717) is 4.32 Å². The van der Waals surface area contributed by atoms with Crippen LogP contribution in [0.15, 0.2) is 29.4 Å². The van der Waals surface area contributed by atoms with E-state index in [-0.39, 0.29) is 6.04 Å². The molecule has 9 heteroatoms. The van der Waals surface area contributed by atoms with Crippen LogP contribution in [0.3, 0.4) is 0 Å². The van der Waals surface area contributed by atoms with Gasteiger partial charge in [0.15, 0.2) is 10.5 Å². The summed E-state index contributed by atoms with van der Waals surface area (Å²) < 4.78 is 0.0117. The second-order valence-electron chi connectivity index (χ2n) is 8.55. The molecule has 2 fully saturated rings. The predicted octanol–water partition coefficient (Wildman–Crippen LogP) is 4.26. The monoisotopic (exact) mass is 449 g/mol. The molecule has 1 aliphatic heterocycles. The lowest BCUT2D eigenvalue weighted by Gasteiger charge is -2.35. The molecule has 0 bridgehead atoms. The molecule has 1 atom stereocenters. The van der Waals surface area contributed by atoms with Crippen molar-refractivity contribution in [2.24, 2.45) is 5.10 Å². The van der Waals surface area contributed by atoms with Crippen molar-refractivity contribution in [3.05, 3.63) is 29.8 Å². The molecule has 1 saturated heterocycles. The summed E-state index contributed by atoms with van der Waals surface area (Å²) in [4.78, 5) is 14.8. The molecule has 7 nitrogen and oxygen atoms in total. The summed E-state index contributed by atoms with van der Waals surface area (Å²) in [7, 11) is 3.98. The number of thiocarbonyl (C=S) groups is 1. The van der Waals surface area contributed by atoms with Crippen molar-refractivity contribution in [2.75, 3.05) is 19.0 Å². The van der Waals surface area contributed by atoms with Crippen molar-refractivity contribution in [1.82, 2.24) is 15.4 Å². The van der Waals surface area contributed by atoms with E-state index in [2.05, 4.69) is 10.4 Å².